The van der Waals surface area contributed by atoms with E-state index in [-0.39, 0.29) is 40.5 Å². The fourth-order valence-corrected chi connectivity index (χ4v) is 5.17. The van der Waals surface area contributed by atoms with Gasteiger partial charge in [0.15, 0.2) is 21.4 Å². The van der Waals surface area contributed by atoms with Crippen molar-refractivity contribution in [3.8, 4) is 5.75 Å². The van der Waals surface area contributed by atoms with Gasteiger partial charge in [0.2, 0.25) is 5.91 Å². The molecule has 1 aliphatic heterocycles. The van der Waals surface area contributed by atoms with Crippen LogP contribution in [0, 0.1) is 11.2 Å². The summed E-state index contributed by atoms with van der Waals surface area (Å²) in [5, 5.41) is 2.27. The number of halogens is 1. The van der Waals surface area contributed by atoms with Gasteiger partial charge in [0.1, 0.15) is 0 Å². The predicted molar refractivity (Wildman–Crippen MR) is 122 cm³/mol. The van der Waals surface area contributed by atoms with Crippen LogP contribution in [-0.4, -0.2) is 56.5 Å². The Morgan fingerprint density at radius 1 is 1.19 bits per heavy atom. The van der Waals surface area contributed by atoms with Gasteiger partial charge in [0.05, 0.1) is 18.1 Å². The first-order valence-electron chi connectivity index (χ1n) is 11.1. The summed E-state index contributed by atoms with van der Waals surface area (Å²) in [6.45, 7) is 9.05. The van der Waals surface area contributed by atoms with Gasteiger partial charge in [0, 0.05) is 19.5 Å². The number of hydrogen-bond donors (Lipinski definition) is 1. The van der Waals surface area contributed by atoms with Crippen molar-refractivity contribution in [2.24, 2.45) is 5.41 Å². The zero-order valence-electron chi connectivity index (χ0n) is 19.4. The van der Waals surface area contributed by atoms with Gasteiger partial charge in [-0.1, -0.05) is 40.2 Å². The van der Waals surface area contributed by atoms with Gasteiger partial charge in [-0.2, -0.15) is 0 Å². The van der Waals surface area contributed by atoms with Crippen molar-refractivity contribution in [3.63, 3.8) is 0 Å². The Morgan fingerprint density at radius 2 is 1.91 bits per heavy atom. The Hall–Kier alpha value is -2.16. The second-order valence-electron chi connectivity index (χ2n) is 9.71. The monoisotopic (exact) mass is 470 g/mol. The van der Waals surface area contributed by atoms with E-state index in [0.29, 0.717) is 45.4 Å². The molecule has 0 spiro atoms. The zero-order valence-corrected chi connectivity index (χ0v) is 20.3. The lowest BCUT2D eigenvalue weighted by Crippen LogP contribution is -2.49. The molecular weight excluding hydrogens is 435 g/mol. The molecule has 0 aromatic heterocycles. The first-order chi connectivity index (χ1) is 14.9. The van der Waals surface area contributed by atoms with Crippen LogP contribution in [-0.2, 0) is 14.6 Å². The molecule has 1 aromatic rings. The number of imide groups is 1. The van der Waals surface area contributed by atoms with Gasteiger partial charge < -0.3 is 9.64 Å². The van der Waals surface area contributed by atoms with Crippen LogP contribution in [0.4, 0.5) is 9.18 Å². The fourth-order valence-electron chi connectivity index (χ4n) is 3.41. The van der Waals surface area contributed by atoms with Gasteiger partial charge in [-0.3, -0.25) is 10.1 Å². The van der Waals surface area contributed by atoms with E-state index >= 15 is 0 Å². The zero-order chi connectivity index (χ0) is 23.9. The summed E-state index contributed by atoms with van der Waals surface area (Å²) in [6.07, 6.45) is 2.16. The Morgan fingerprint density at radius 3 is 2.56 bits per heavy atom. The minimum absolute atomic E-state index is 0.0199. The second-order valence-corrected chi connectivity index (χ2v) is 11.9. The van der Waals surface area contributed by atoms with Crippen molar-refractivity contribution < 1.29 is 27.1 Å². The van der Waals surface area contributed by atoms with E-state index in [1.807, 2.05) is 27.7 Å². The minimum atomic E-state index is -3.28. The van der Waals surface area contributed by atoms with Crippen molar-refractivity contribution in [2.75, 3.05) is 31.2 Å². The van der Waals surface area contributed by atoms with E-state index in [4.69, 9.17) is 4.74 Å². The number of hydrogen-bond acceptors (Lipinski definition) is 5. The smallest absolute Gasteiger partial charge is 0.324 e. The number of carbonyl (C=O) groups is 2. The molecule has 0 saturated carbocycles. The molecule has 0 radical (unpaired) electrons. The van der Waals surface area contributed by atoms with E-state index < -0.39 is 15.7 Å². The lowest BCUT2D eigenvalue weighted by Gasteiger charge is -2.26. The van der Waals surface area contributed by atoms with Gasteiger partial charge in [0.25, 0.3) is 0 Å². The normalized spacial score (nSPS) is 16.1. The van der Waals surface area contributed by atoms with Crippen LogP contribution in [0.2, 0.25) is 0 Å². The number of benzene rings is 1. The third-order valence-corrected chi connectivity index (χ3v) is 7.13. The molecule has 0 aliphatic carbocycles. The molecule has 1 heterocycles. The van der Waals surface area contributed by atoms with E-state index in [2.05, 4.69) is 5.32 Å². The third-order valence-electron chi connectivity index (χ3n) is 5.21. The summed E-state index contributed by atoms with van der Waals surface area (Å²) in [4.78, 5) is 24.4. The molecule has 0 unspecified atom stereocenters. The van der Waals surface area contributed by atoms with E-state index in [1.54, 1.807) is 17.0 Å². The van der Waals surface area contributed by atoms with Crippen molar-refractivity contribution in [1.29, 1.82) is 0 Å². The molecule has 3 amide bonds. The van der Waals surface area contributed by atoms with Crippen molar-refractivity contribution in [2.45, 2.75) is 59.3 Å². The summed E-state index contributed by atoms with van der Waals surface area (Å²) >= 11 is 0. The first kappa shape index (κ1) is 26.1. The highest BCUT2D eigenvalue weighted by atomic mass is 32.2. The highest BCUT2D eigenvalue weighted by Gasteiger charge is 2.23. The van der Waals surface area contributed by atoms with E-state index in [0.717, 1.165) is 5.56 Å². The molecule has 1 aliphatic rings. The minimum Gasteiger partial charge on any atom is -0.490 e. The molecule has 9 heteroatoms. The van der Waals surface area contributed by atoms with Crippen molar-refractivity contribution >= 4 is 21.8 Å². The maximum atomic E-state index is 14.1. The molecule has 180 valence electrons. The SMILES string of the molecule is C[C@@H](CS(=O)(=O)CCCCCN1CCC(=O)NC1=O)c1ccc(F)c(OCC(C)(C)C)c1. The van der Waals surface area contributed by atoms with Crippen molar-refractivity contribution in [1.82, 2.24) is 10.2 Å². The molecule has 1 fully saturated rings. The van der Waals surface area contributed by atoms with Crippen LogP contribution in [0.15, 0.2) is 18.2 Å². The number of nitrogens with zero attached hydrogens (tertiary/aromatic N) is 1. The average Bonchev–Trinajstić information content (AvgIpc) is 2.67. The number of ether oxygens (including phenoxy) is 1. The molecule has 2 rings (SSSR count). The second kappa shape index (κ2) is 11.1. The number of urea groups is 1. The Bertz CT molecular complexity index is 911. The topological polar surface area (TPSA) is 92.8 Å². The highest BCUT2D eigenvalue weighted by Crippen LogP contribution is 2.27. The summed E-state index contributed by atoms with van der Waals surface area (Å²) in [7, 11) is -3.28. The highest BCUT2D eigenvalue weighted by molar-refractivity contribution is 7.91. The maximum Gasteiger partial charge on any atom is 0.324 e. The number of amides is 3. The van der Waals surface area contributed by atoms with Crippen LogP contribution in [0.3, 0.4) is 0 Å². The lowest BCUT2D eigenvalue weighted by atomic mass is 9.98. The molecular formula is C23H35FN2O5S. The first-order valence-corrected chi connectivity index (χ1v) is 12.9. The van der Waals surface area contributed by atoms with Crippen LogP contribution in [0.5, 0.6) is 5.75 Å². The molecule has 32 heavy (non-hydrogen) atoms. The molecule has 7 nitrogen and oxygen atoms in total. The van der Waals surface area contributed by atoms with Gasteiger partial charge in [-0.25, -0.2) is 17.6 Å². The van der Waals surface area contributed by atoms with Crippen LogP contribution < -0.4 is 10.1 Å². The molecule has 1 saturated heterocycles. The van der Waals surface area contributed by atoms with Gasteiger partial charge in [-0.15, -0.1) is 0 Å². The molecule has 0 bridgehead atoms. The standard InChI is InChI=1S/C23H35FN2O5S/c1-17(18-8-9-19(24)20(14-18)31-16-23(2,3)4)15-32(29,30)13-7-5-6-11-26-12-10-21(27)25-22(26)28/h8-9,14,17H,5-7,10-13,15-16H2,1-4H3,(H,25,27,28)/t17-/m0/s1. The quantitative estimate of drug-likeness (QED) is 0.496. The largest absolute Gasteiger partial charge is 0.490 e. The number of sulfone groups is 1. The Labute approximate surface area is 190 Å². The van der Waals surface area contributed by atoms with Gasteiger partial charge in [-0.05, 0) is 41.9 Å². The van der Waals surface area contributed by atoms with E-state index in [1.165, 1.54) is 6.07 Å². The van der Waals surface area contributed by atoms with Crippen LogP contribution in [0.25, 0.3) is 0 Å². The lowest BCUT2D eigenvalue weighted by molar-refractivity contribution is -0.121. The Kier molecular flexibility index (Phi) is 9.07. The van der Waals surface area contributed by atoms with Crippen LogP contribution >= 0.6 is 0 Å². The predicted octanol–water partition coefficient (Wildman–Crippen LogP) is 3.88. The Balaban J connectivity index is 1.80. The maximum absolute atomic E-state index is 14.1. The third kappa shape index (κ3) is 8.76. The van der Waals surface area contributed by atoms with Crippen LogP contribution in [0.1, 0.15) is 64.9 Å². The van der Waals surface area contributed by atoms with Crippen molar-refractivity contribution in [3.05, 3.63) is 29.6 Å². The summed E-state index contributed by atoms with van der Waals surface area (Å²) in [6, 6.07) is 4.14. The summed E-state index contributed by atoms with van der Waals surface area (Å²) in [5.41, 5.74) is 0.608. The number of carbonyl (C=O) groups excluding carboxylic acids is 2. The molecule has 1 aromatic carbocycles. The average molecular weight is 471 g/mol. The number of nitrogens with one attached hydrogen (secondary N) is 1. The fraction of sp³-hybridized carbons (Fsp3) is 0.652. The molecule has 1 atom stereocenters. The van der Waals surface area contributed by atoms with E-state index in [9.17, 15) is 22.4 Å². The number of unbranched alkanes of at least 4 members (excludes halogenated alkanes) is 2. The number of rotatable bonds is 11. The summed E-state index contributed by atoms with van der Waals surface area (Å²) in [5.74, 6) is -0.817. The summed E-state index contributed by atoms with van der Waals surface area (Å²) < 4.78 is 44.8. The van der Waals surface area contributed by atoms with Gasteiger partial charge >= 0.3 is 6.03 Å². The molecule has 1 N–H and O–H groups in total.